The minimum absolute atomic E-state index is 0.0281. The van der Waals surface area contributed by atoms with Gasteiger partial charge in [-0.1, -0.05) is 24.3 Å². The fourth-order valence-electron chi connectivity index (χ4n) is 3.72. The van der Waals surface area contributed by atoms with Gasteiger partial charge in [0, 0.05) is 32.6 Å². The molecule has 2 aliphatic heterocycles. The number of halogens is 3. The van der Waals surface area contributed by atoms with Gasteiger partial charge in [-0.3, -0.25) is 14.4 Å². The first-order valence-electron chi connectivity index (χ1n) is 9.27. The van der Waals surface area contributed by atoms with Crippen LogP contribution in [0, 0.1) is 0 Å². The lowest BCUT2D eigenvalue weighted by molar-refractivity contribution is -0.186. The molecule has 9 heteroatoms. The van der Waals surface area contributed by atoms with Crippen LogP contribution < -0.4 is 5.32 Å². The summed E-state index contributed by atoms with van der Waals surface area (Å²) in [5.41, 5.74) is 2.31. The summed E-state index contributed by atoms with van der Waals surface area (Å²) in [7, 11) is 0. The molecule has 1 saturated heterocycles. The molecular formula is C19H22F3N3O3. The number of alkyl halides is 3. The third-order valence-corrected chi connectivity index (χ3v) is 5.18. The first-order chi connectivity index (χ1) is 13.3. The average molecular weight is 397 g/mol. The van der Waals surface area contributed by atoms with Crippen molar-refractivity contribution in [2.45, 2.75) is 44.4 Å². The SMILES string of the molecule is O=C(NCCC(=O)N1CCc2ccccc2C1)C1CCCN1C(=O)C(F)(F)F. The second kappa shape index (κ2) is 8.20. The minimum Gasteiger partial charge on any atom is -0.354 e. The zero-order valence-electron chi connectivity index (χ0n) is 15.3. The standard InChI is InChI=1S/C19H22F3N3O3/c20-19(21,22)18(28)25-10-3-6-15(25)17(27)23-9-7-16(26)24-11-8-13-4-1-2-5-14(13)12-24/h1-2,4-5,15H,3,6-12H2,(H,23,27). The molecule has 1 N–H and O–H groups in total. The molecule has 3 rings (SSSR count). The van der Waals surface area contributed by atoms with E-state index in [1.54, 1.807) is 4.90 Å². The van der Waals surface area contributed by atoms with Gasteiger partial charge >= 0.3 is 12.1 Å². The van der Waals surface area contributed by atoms with Crippen LogP contribution in [0.4, 0.5) is 13.2 Å². The van der Waals surface area contributed by atoms with Gasteiger partial charge in [0.2, 0.25) is 11.8 Å². The van der Waals surface area contributed by atoms with Crippen LogP contribution in [0.15, 0.2) is 24.3 Å². The molecule has 0 aliphatic carbocycles. The number of benzene rings is 1. The number of amides is 3. The minimum atomic E-state index is -5.00. The molecule has 2 heterocycles. The number of nitrogens with zero attached hydrogens (tertiary/aromatic N) is 2. The van der Waals surface area contributed by atoms with E-state index >= 15 is 0 Å². The summed E-state index contributed by atoms with van der Waals surface area (Å²) in [5, 5.41) is 2.50. The van der Waals surface area contributed by atoms with Crippen molar-refractivity contribution >= 4 is 17.7 Å². The molecule has 0 aromatic heterocycles. The highest BCUT2D eigenvalue weighted by Gasteiger charge is 2.47. The Bertz CT molecular complexity index is 766. The van der Waals surface area contributed by atoms with Gasteiger partial charge in [0.15, 0.2) is 0 Å². The zero-order valence-corrected chi connectivity index (χ0v) is 15.3. The lowest BCUT2D eigenvalue weighted by atomic mass is 10.00. The van der Waals surface area contributed by atoms with E-state index in [4.69, 9.17) is 0 Å². The summed E-state index contributed by atoms with van der Waals surface area (Å²) in [6, 6.07) is 6.76. The molecule has 28 heavy (non-hydrogen) atoms. The van der Waals surface area contributed by atoms with Crippen LogP contribution in [-0.4, -0.2) is 59.4 Å². The highest BCUT2D eigenvalue weighted by atomic mass is 19.4. The molecule has 1 fully saturated rings. The van der Waals surface area contributed by atoms with Crippen LogP contribution >= 0.6 is 0 Å². The van der Waals surface area contributed by atoms with Crippen LogP contribution in [0.3, 0.4) is 0 Å². The van der Waals surface area contributed by atoms with Crippen LogP contribution in [0.5, 0.6) is 0 Å². The number of rotatable bonds is 4. The Balaban J connectivity index is 1.47. The predicted molar refractivity (Wildman–Crippen MR) is 94.0 cm³/mol. The number of fused-ring (bicyclic) bond motifs is 1. The average Bonchev–Trinajstić information content (AvgIpc) is 3.15. The quantitative estimate of drug-likeness (QED) is 0.840. The van der Waals surface area contributed by atoms with Crippen molar-refractivity contribution in [1.82, 2.24) is 15.1 Å². The maximum atomic E-state index is 12.6. The molecule has 0 spiro atoms. The van der Waals surface area contributed by atoms with Crippen LogP contribution in [0.25, 0.3) is 0 Å². The highest BCUT2D eigenvalue weighted by Crippen LogP contribution is 2.25. The summed E-state index contributed by atoms with van der Waals surface area (Å²) in [6.45, 7) is 1.04. The monoisotopic (exact) mass is 397 g/mol. The van der Waals surface area contributed by atoms with Crippen molar-refractivity contribution < 1.29 is 27.6 Å². The Kier molecular flexibility index (Phi) is 5.90. The van der Waals surface area contributed by atoms with E-state index in [1.165, 1.54) is 5.56 Å². The number of hydrogen-bond donors (Lipinski definition) is 1. The fraction of sp³-hybridized carbons (Fsp3) is 0.526. The third kappa shape index (κ3) is 4.45. The largest absolute Gasteiger partial charge is 0.471 e. The molecule has 2 aliphatic rings. The van der Waals surface area contributed by atoms with Crippen molar-refractivity contribution in [2.24, 2.45) is 0 Å². The molecule has 0 radical (unpaired) electrons. The normalized spacial score (nSPS) is 19.3. The first-order valence-corrected chi connectivity index (χ1v) is 9.27. The maximum Gasteiger partial charge on any atom is 0.471 e. The molecular weight excluding hydrogens is 375 g/mol. The van der Waals surface area contributed by atoms with Crippen LogP contribution in [0.2, 0.25) is 0 Å². The van der Waals surface area contributed by atoms with Gasteiger partial charge in [-0.25, -0.2) is 0 Å². The predicted octanol–water partition coefficient (Wildman–Crippen LogP) is 1.63. The Morgan fingerprint density at radius 1 is 1.11 bits per heavy atom. The van der Waals surface area contributed by atoms with Gasteiger partial charge in [0.25, 0.3) is 0 Å². The Morgan fingerprint density at radius 3 is 2.54 bits per heavy atom. The van der Waals surface area contributed by atoms with E-state index in [0.717, 1.165) is 12.0 Å². The number of likely N-dealkylation sites (tertiary alicyclic amines) is 1. The van der Waals surface area contributed by atoms with E-state index in [2.05, 4.69) is 5.32 Å². The highest BCUT2D eigenvalue weighted by molar-refractivity contribution is 5.90. The molecule has 0 saturated carbocycles. The fourth-order valence-corrected chi connectivity index (χ4v) is 3.72. The molecule has 1 aromatic rings. The Hall–Kier alpha value is -2.58. The van der Waals surface area contributed by atoms with Gasteiger partial charge in [-0.15, -0.1) is 0 Å². The number of carbonyl (C=O) groups is 3. The molecule has 6 nitrogen and oxygen atoms in total. The van der Waals surface area contributed by atoms with Gasteiger partial charge in [-0.2, -0.15) is 13.2 Å². The zero-order chi connectivity index (χ0) is 20.3. The number of nitrogens with one attached hydrogen (secondary N) is 1. The molecule has 1 atom stereocenters. The van der Waals surface area contributed by atoms with E-state index in [-0.39, 0.29) is 31.8 Å². The van der Waals surface area contributed by atoms with Crippen molar-refractivity contribution in [1.29, 1.82) is 0 Å². The van der Waals surface area contributed by atoms with Crippen LogP contribution in [-0.2, 0) is 27.3 Å². The molecule has 152 valence electrons. The van der Waals surface area contributed by atoms with Crippen LogP contribution in [0.1, 0.15) is 30.4 Å². The Labute approximate surface area is 160 Å². The molecule has 1 unspecified atom stereocenters. The topological polar surface area (TPSA) is 69.7 Å². The third-order valence-electron chi connectivity index (χ3n) is 5.18. The van der Waals surface area contributed by atoms with Crippen molar-refractivity contribution in [3.63, 3.8) is 0 Å². The van der Waals surface area contributed by atoms with Gasteiger partial charge in [0.1, 0.15) is 6.04 Å². The molecule has 1 aromatic carbocycles. The second-order valence-corrected chi connectivity index (χ2v) is 7.03. The summed E-state index contributed by atoms with van der Waals surface area (Å²) in [5.74, 6) is -2.76. The smallest absolute Gasteiger partial charge is 0.354 e. The second-order valence-electron chi connectivity index (χ2n) is 7.03. The summed E-state index contributed by atoms with van der Waals surface area (Å²) >= 11 is 0. The van der Waals surface area contributed by atoms with Gasteiger partial charge in [0.05, 0.1) is 0 Å². The molecule has 3 amide bonds. The summed E-state index contributed by atoms with van der Waals surface area (Å²) in [4.78, 5) is 38.3. The first kappa shape index (κ1) is 20.2. The molecule has 0 bridgehead atoms. The number of carbonyl (C=O) groups excluding carboxylic acids is 3. The number of hydrogen-bond acceptors (Lipinski definition) is 3. The van der Waals surface area contributed by atoms with Crippen molar-refractivity contribution in [3.8, 4) is 0 Å². The van der Waals surface area contributed by atoms with Crippen molar-refractivity contribution in [3.05, 3.63) is 35.4 Å². The van der Waals surface area contributed by atoms with Crippen molar-refractivity contribution in [2.75, 3.05) is 19.6 Å². The van der Waals surface area contributed by atoms with E-state index < -0.39 is 24.0 Å². The lowest BCUT2D eigenvalue weighted by Crippen LogP contribution is -2.50. The summed E-state index contributed by atoms with van der Waals surface area (Å²) in [6.07, 6.45) is -3.64. The van der Waals surface area contributed by atoms with E-state index in [1.807, 2.05) is 24.3 Å². The summed E-state index contributed by atoms with van der Waals surface area (Å²) < 4.78 is 37.9. The van der Waals surface area contributed by atoms with E-state index in [9.17, 15) is 27.6 Å². The lowest BCUT2D eigenvalue weighted by Gasteiger charge is -2.29. The maximum absolute atomic E-state index is 12.6. The van der Waals surface area contributed by atoms with Gasteiger partial charge < -0.3 is 15.1 Å². The van der Waals surface area contributed by atoms with Gasteiger partial charge in [-0.05, 0) is 30.4 Å². The van der Waals surface area contributed by atoms with E-state index in [0.29, 0.717) is 24.4 Å². The Morgan fingerprint density at radius 2 is 1.82 bits per heavy atom.